The van der Waals surface area contributed by atoms with Gasteiger partial charge in [0.15, 0.2) is 0 Å². The van der Waals surface area contributed by atoms with Gasteiger partial charge in [0.1, 0.15) is 5.75 Å². The van der Waals surface area contributed by atoms with Crippen LogP contribution >= 0.6 is 0 Å². The quantitative estimate of drug-likeness (QED) is 0.504. The van der Waals surface area contributed by atoms with Gasteiger partial charge in [-0.15, -0.1) is 0 Å². The number of ether oxygens (including phenoxy) is 1. The van der Waals surface area contributed by atoms with Gasteiger partial charge in [-0.1, -0.05) is 60.7 Å². The molecule has 0 amide bonds. The third-order valence-electron chi connectivity index (χ3n) is 5.06. The summed E-state index contributed by atoms with van der Waals surface area (Å²) in [6, 6.07) is 27.9. The molecule has 0 unspecified atom stereocenters. The van der Waals surface area contributed by atoms with Gasteiger partial charge in [-0.3, -0.25) is 9.36 Å². The van der Waals surface area contributed by atoms with Crippen molar-refractivity contribution in [3.8, 4) is 5.75 Å². The minimum Gasteiger partial charge on any atom is -0.497 e. The molecule has 130 valence electrons. The predicted octanol–water partition coefficient (Wildman–Crippen LogP) is 5.26. The van der Waals surface area contributed by atoms with Crippen molar-refractivity contribution in [2.45, 2.75) is 0 Å². The number of benzene rings is 3. The van der Waals surface area contributed by atoms with E-state index in [4.69, 9.17) is 4.74 Å². The fourth-order valence-electron chi connectivity index (χ4n) is 3.84. The number of fused-ring (bicyclic) bond motifs is 3. The van der Waals surface area contributed by atoms with E-state index in [1.165, 1.54) is 0 Å². The molecule has 1 aromatic heterocycles. The highest BCUT2D eigenvalue weighted by atomic mass is 16.5. The number of nitrogens with zero attached hydrogens (tertiary/aromatic N) is 1. The lowest BCUT2D eigenvalue weighted by Crippen LogP contribution is -2.07. The van der Waals surface area contributed by atoms with Gasteiger partial charge in [-0.05, 0) is 35.4 Å². The number of allylic oxidation sites excluding steroid dienone is 1. The molecule has 1 aliphatic heterocycles. The summed E-state index contributed by atoms with van der Waals surface area (Å²) in [5.41, 5.74) is 5.52. The Morgan fingerprint density at radius 3 is 2.00 bits per heavy atom. The molecule has 3 heteroatoms. The topological polar surface area (TPSA) is 31.2 Å². The van der Waals surface area contributed by atoms with Crippen molar-refractivity contribution >= 4 is 28.0 Å². The Balaban J connectivity index is 1.84. The molecule has 0 saturated carbocycles. The first kappa shape index (κ1) is 15.6. The van der Waals surface area contributed by atoms with Gasteiger partial charge in [-0.25, -0.2) is 0 Å². The third kappa shape index (κ3) is 2.32. The summed E-state index contributed by atoms with van der Waals surface area (Å²) in [6.45, 7) is 0. The molecule has 3 aromatic carbocycles. The summed E-state index contributed by atoms with van der Waals surface area (Å²) in [7, 11) is 1.65. The summed E-state index contributed by atoms with van der Waals surface area (Å²) >= 11 is 0. The van der Waals surface area contributed by atoms with E-state index in [9.17, 15) is 4.79 Å². The van der Waals surface area contributed by atoms with Crippen LogP contribution < -0.4 is 4.74 Å². The standard InChI is InChI=1S/C24H17NO2/c1-27-19-12-13-20-18(14-19)15-21-22(16-8-4-2-5-9-16)23(24(26)25(20)21)17-10-6-3-7-11-17/h2-15H,1H3. The zero-order valence-corrected chi connectivity index (χ0v) is 14.8. The van der Waals surface area contributed by atoms with Crippen molar-refractivity contribution in [3.05, 3.63) is 102 Å². The van der Waals surface area contributed by atoms with Crippen molar-refractivity contribution in [2.24, 2.45) is 0 Å². The van der Waals surface area contributed by atoms with Gasteiger partial charge < -0.3 is 4.74 Å². The number of aromatic nitrogens is 1. The highest BCUT2D eigenvalue weighted by Crippen LogP contribution is 2.42. The van der Waals surface area contributed by atoms with Crippen LogP contribution in [0.4, 0.5) is 0 Å². The van der Waals surface area contributed by atoms with E-state index < -0.39 is 0 Å². The summed E-state index contributed by atoms with van der Waals surface area (Å²) in [4.78, 5) is 13.5. The summed E-state index contributed by atoms with van der Waals surface area (Å²) in [5, 5.41) is 0.998. The fourth-order valence-corrected chi connectivity index (χ4v) is 3.84. The van der Waals surface area contributed by atoms with Crippen LogP contribution in [0.1, 0.15) is 21.6 Å². The Morgan fingerprint density at radius 2 is 1.37 bits per heavy atom. The number of rotatable bonds is 3. The Bertz CT molecular complexity index is 1200. The number of carbonyl (C=O) groups is 1. The lowest BCUT2D eigenvalue weighted by atomic mass is 9.94. The van der Waals surface area contributed by atoms with Crippen molar-refractivity contribution < 1.29 is 9.53 Å². The molecule has 27 heavy (non-hydrogen) atoms. The zero-order valence-electron chi connectivity index (χ0n) is 14.8. The number of hydrogen-bond acceptors (Lipinski definition) is 2. The lowest BCUT2D eigenvalue weighted by Gasteiger charge is -2.07. The van der Waals surface area contributed by atoms with E-state index in [0.29, 0.717) is 0 Å². The van der Waals surface area contributed by atoms with Gasteiger partial charge in [0.05, 0.1) is 23.9 Å². The maximum Gasteiger partial charge on any atom is 0.264 e. The van der Waals surface area contributed by atoms with Crippen molar-refractivity contribution in [1.82, 2.24) is 4.57 Å². The van der Waals surface area contributed by atoms with Crippen LogP contribution in [0.3, 0.4) is 0 Å². The predicted molar refractivity (Wildman–Crippen MR) is 108 cm³/mol. The van der Waals surface area contributed by atoms with E-state index >= 15 is 0 Å². The van der Waals surface area contributed by atoms with Gasteiger partial charge in [0, 0.05) is 11.0 Å². The van der Waals surface area contributed by atoms with Crippen molar-refractivity contribution in [3.63, 3.8) is 0 Å². The lowest BCUT2D eigenvalue weighted by molar-refractivity contribution is 0.0989. The number of methoxy groups -OCH3 is 1. The smallest absolute Gasteiger partial charge is 0.264 e. The second-order valence-electron chi connectivity index (χ2n) is 6.58. The number of carbonyl (C=O) groups excluding carboxylic acids is 1. The van der Waals surface area contributed by atoms with E-state index in [0.717, 1.165) is 44.6 Å². The minimum atomic E-state index is 0.00946. The van der Waals surface area contributed by atoms with Crippen LogP contribution in [0.25, 0.3) is 22.0 Å². The van der Waals surface area contributed by atoms with Crippen LogP contribution in [0, 0.1) is 0 Å². The number of hydrogen-bond donors (Lipinski definition) is 0. The van der Waals surface area contributed by atoms with Crippen LogP contribution in [0.15, 0.2) is 84.9 Å². The molecule has 0 spiro atoms. The van der Waals surface area contributed by atoms with Crippen LogP contribution in [0.5, 0.6) is 5.75 Å². The summed E-state index contributed by atoms with van der Waals surface area (Å²) < 4.78 is 7.16. The first-order chi connectivity index (χ1) is 13.3. The molecule has 0 radical (unpaired) electrons. The molecule has 1 aliphatic rings. The van der Waals surface area contributed by atoms with E-state index in [-0.39, 0.29) is 5.91 Å². The normalized spacial score (nSPS) is 13.3. The molecule has 0 N–H and O–H groups in total. The van der Waals surface area contributed by atoms with Crippen molar-refractivity contribution in [1.29, 1.82) is 0 Å². The molecule has 0 bridgehead atoms. The van der Waals surface area contributed by atoms with Gasteiger partial charge >= 0.3 is 0 Å². The molecule has 3 nitrogen and oxygen atoms in total. The molecule has 5 rings (SSSR count). The van der Waals surface area contributed by atoms with Crippen LogP contribution in [0.2, 0.25) is 0 Å². The highest BCUT2D eigenvalue weighted by molar-refractivity contribution is 6.35. The molecule has 0 aliphatic carbocycles. The monoisotopic (exact) mass is 351 g/mol. The average Bonchev–Trinajstić information content (AvgIpc) is 3.23. The van der Waals surface area contributed by atoms with E-state index in [2.05, 4.69) is 18.2 Å². The van der Waals surface area contributed by atoms with Crippen LogP contribution in [-0.2, 0) is 0 Å². The fraction of sp³-hybridized carbons (Fsp3) is 0.0417. The maximum absolute atomic E-state index is 13.5. The van der Waals surface area contributed by atoms with Gasteiger partial charge in [0.2, 0.25) is 0 Å². The molecule has 0 fully saturated rings. The largest absolute Gasteiger partial charge is 0.497 e. The molecular formula is C24H17NO2. The second kappa shape index (κ2) is 5.99. The Kier molecular flexibility index (Phi) is 3.47. The molecule has 0 saturated heterocycles. The summed E-state index contributed by atoms with van der Waals surface area (Å²) in [5.74, 6) is 0.794. The summed E-state index contributed by atoms with van der Waals surface area (Å²) in [6.07, 6.45) is 0. The van der Waals surface area contributed by atoms with E-state index in [1.807, 2.05) is 71.3 Å². The molecule has 0 atom stereocenters. The molecule has 4 aromatic rings. The second-order valence-corrected chi connectivity index (χ2v) is 6.58. The highest BCUT2D eigenvalue weighted by Gasteiger charge is 2.32. The van der Waals surface area contributed by atoms with Gasteiger partial charge in [0.25, 0.3) is 5.91 Å². The SMILES string of the molecule is COc1ccc2c(c1)cc1n2C(=O)C(c2ccccc2)=C1c1ccccc1. The van der Waals surface area contributed by atoms with E-state index in [1.54, 1.807) is 7.11 Å². The minimum absolute atomic E-state index is 0.00946. The third-order valence-corrected chi connectivity index (χ3v) is 5.06. The Labute approximate surface area is 157 Å². The molecule has 2 heterocycles. The van der Waals surface area contributed by atoms with Crippen molar-refractivity contribution in [2.75, 3.05) is 7.11 Å². The molecular weight excluding hydrogens is 334 g/mol. The Morgan fingerprint density at radius 1 is 0.741 bits per heavy atom. The Hall–Kier alpha value is -3.59. The first-order valence-corrected chi connectivity index (χ1v) is 8.87. The first-order valence-electron chi connectivity index (χ1n) is 8.87. The van der Waals surface area contributed by atoms with Gasteiger partial charge in [-0.2, -0.15) is 0 Å². The average molecular weight is 351 g/mol. The van der Waals surface area contributed by atoms with Crippen LogP contribution in [-0.4, -0.2) is 17.6 Å². The zero-order chi connectivity index (χ0) is 18.4. The maximum atomic E-state index is 13.5.